The summed E-state index contributed by atoms with van der Waals surface area (Å²) in [5.74, 6) is 0.772. The normalized spacial score (nSPS) is 10.1. The molecule has 0 saturated carbocycles. The number of benzene rings is 2. The average Bonchev–Trinajstić information content (AvgIpc) is 2.46. The summed E-state index contributed by atoms with van der Waals surface area (Å²) in [6.45, 7) is 0.296. The van der Waals surface area contributed by atoms with Crippen LogP contribution in [0.2, 0.25) is 0 Å². The Balaban J connectivity index is 2.16. The number of ether oxygens (including phenoxy) is 1. The van der Waals surface area contributed by atoms with Gasteiger partial charge in [0.1, 0.15) is 18.0 Å². The Morgan fingerprint density at radius 2 is 2.05 bits per heavy atom. The molecule has 0 aromatic heterocycles. The van der Waals surface area contributed by atoms with E-state index in [9.17, 15) is 10.1 Å². The molecule has 104 valence electrons. The molecule has 0 amide bonds. The Kier molecular flexibility index (Phi) is 4.78. The number of nitro groups is 1. The number of nitro benzene ring substituents is 1. The fourth-order valence-corrected chi connectivity index (χ4v) is 2.30. The lowest BCUT2D eigenvalue weighted by Gasteiger charge is -2.09. The summed E-state index contributed by atoms with van der Waals surface area (Å²) in [4.78, 5) is 10.6. The van der Waals surface area contributed by atoms with Gasteiger partial charge < -0.3 is 10.1 Å². The van der Waals surface area contributed by atoms with E-state index in [-0.39, 0.29) is 5.69 Å². The van der Waals surface area contributed by atoms with Crippen LogP contribution < -0.4 is 10.1 Å². The van der Waals surface area contributed by atoms with Crippen LogP contribution in [0.4, 0.5) is 11.4 Å². The van der Waals surface area contributed by atoms with Crippen LogP contribution >= 0.6 is 22.6 Å². The highest BCUT2D eigenvalue weighted by Gasteiger charge is 2.13. The zero-order valence-corrected chi connectivity index (χ0v) is 13.0. The Morgan fingerprint density at radius 3 is 2.70 bits per heavy atom. The van der Waals surface area contributed by atoms with Gasteiger partial charge in [0.15, 0.2) is 0 Å². The van der Waals surface area contributed by atoms with Crippen LogP contribution in [0.5, 0.6) is 5.75 Å². The third-order valence-electron chi connectivity index (χ3n) is 2.76. The second-order valence-electron chi connectivity index (χ2n) is 4.08. The number of para-hydroxylation sites is 1. The largest absolute Gasteiger partial charge is 0.488 e. The number of halogens is 1. The van der Waals surface area contributed by atoms with E-state index in [2.05, 4.69) is 27.9 Å². The van der Waals surface area contributed by atoms with Crippen LogP contribution in [0, 0.1) is 13.7 Å². The molecule has 0 spiro atoms. The first-order valence-corrected chi connectivity index (χ1v) is 7.02. The predicted molar refractivity (Wildman–Crippen MR) is 86.1 cm³/mol. The molecule has 0 radical (unpaired) electrons. The molecule has 2 aromatic rings. The predicted octanol–water partition coefficient (Wildman–Crippen LogP) is 3.82. The molecule has 2 aromatic carbocycles. The van der Waals surface area contributed by atoms with E-state index in [4.69, 9.17) is 4.74 Å². The van der Waals surface area contributed by atoms with Crippen molar-refractivity contribution in [1.29, 1.82) is 0 Å². The molecule has 0 aliphatic rings. The molecule has 0 heterocycles. The highest BCUT2D eigenvalue weighted by Crippen LogP contribution is 2.26. The summed E-state index contributed by atoms with van der Waals surface area (Å²) in [7, 11) is 1.66. The van der Waals surface area contributed by atoms with Crippen LogP contribution in [0.15, 0.2) is 42.5 Å². The van der Waals surface area contributed by atoms with Crippen molar-refractivity contribution >= 4 is 34.0 Å². The monoisotopic (exact) mass is 384 g/mol. The second kappa shape index (κ2) is 6.56. The van der Waals surface area contributed by atoms with Gasteiger partial charge >= 0.3 is 0 Å². The van der Waals surface area contributed by atoms with Gasteiger partial charge in [0.2, 0.25) is 0 Å². The van der Waals surface area contributed by atoms with E-state index >= 15 is 0 Å². The van der Waals surface area contributed by atoms with Crippen molar-refractivity contribution in [2.24, 2.45) is 0 Å². The smallest absolute Gasteiger partial charge is 0.292 e. The van der Waals surface area contributed by atoms with Gasteiger partial charge in [-0.05, 0) is 46.4 Å². The van der Waals surface area contributed by atoms with Crippen molar-refractivity contribution in [3.05, 3.63) is 61.7 Å². The van der Waals surface area contributed by atoms with Crippen molar-refractivity contribution < 1.29 is 9.66 Å². The van der Waals surface area contributed by atoms with Gasteiger partial charge in [-0.1, -0.05) is 18.2 Å². The molecule has 0 bridgehead atoms. The average molecular weight is 384 g/mol. The second-order valence-corrected chi connectivity index (χ2v) is 5.24. The summed E-state index contributed by atoms with van der Waals surface area (Å²) in [5.41, 5.74) is 1.31. The van der Waals surface area contributed by atoms with Crippen LogP contribution in [0.1, 0.15) is 5.56 Å². The molecule has 6 heteroatoms. The van der Waals surface area contributed by atoms with Gasteiger partial charge in [-0.25, -0.2) is 0 Å². The topological polar surface area (TPSA) is 64.4 Å². The van der Waals surface area contributed by atoms with E-state index in [1.54, 1.807) is 13.1 Å². The minimum atomic E-state index is -0.401. The standard InChI is InChI=1S/C14H13IN2O3/c1-16-12-7-6-10(8-13(12)17(18)19)9-20-14-5-3-2-4-11(14)15/h2-8,16H,9H2,1H3. The van der Waals surface area contributed by atoms with E-state index in [0.29, 0.717) is 12.3 Å². The fraction of sp³-hybridized carbons (Fsp3) is 0.143. The maximum atomic E-state index is 11.0. The Hall–Kier alpha value is -1.83. The molecule has 5 nitrogen and oxygen atoms in total. The molecule has 0 saturated heterocycles. The molecular weight excluding hydrogens is 371 g/mol. The lowest BCUT2D eigenvalue weighted by molar-refractivity contribution is -0.384. The van der Waals surface area contributed by atoms with Gasteiger partial charge in [0.25, 0.3) is 5.69 Å². The first kappa shape index (κ1) is 14.6. The Labute approximate surface area is 130 Å². The minimum Gasteiger partial charge on any atom is -0.488 e. The van der Waals surface area contributed by atoms with Gasteiger partial charge in [-0.2, -0.15) is 0 Å². The quantitative estimate of drug-likeness (QED) is 0.484. The highest BCUT2D eigenvalue weighted by atomic mass is 127. The maximum absolute atomic E-state index is 11.0. The molecule has 0 fully saturated rings. The van der Waals surface area contributed by atoms with E-state index < -0.39 is 4.92 Å². The highest BCUT2D eigenvalue weighted by molar-refractivity contribution is 14.1. The third kappa shape index (κ3) is 3.38. The van der Waals surface area contributed by atoms with Crippen LogP contribution in [0.3, 0.4) is 0 Å². The minimum absolute atomic E-state index is 0.0522. The van der Waals surface area contributed by atoms with Crippen molar-refractivity contribution in [2.75, 3.05) is 12.4 Å². The molecule has 1 N–H and O–H groups in total. The van der Waals surface area contributed by atoms with Gasteiger partial charge in [0.05, 0.1) is 8.49 Å². The molecule has 0 atom stereocenters. The summed E-state index contributed by atoms with van der Waals surface area (Å²) in [5, 5.41) is 13.8. The zero-order chi connectivity index (χ0) is 14.5. The van der Waals surface area contributed by atoms with Crippen LogP contribution in [-0.2, 0) is 6.61 Å². The van der Waals surface area contributed by atoms with E-state index in [1.165, 1.54) is 6.07 Å². The Bertz CT molecular complexity index is 632. The number of nitrogens with one attached hydrogen (secondary N) is 1. The molecule has 0 aliphatic heterocycles. The first-order valence-electron chi connectivity index (χ1n) is 5.94. The van der Waals surface area contributed by atoms with Gasteiger partial charge in [0, 0.05) is 13.1 Å². The summed E-state index contributed by atoms with van der Waals surface area (Å²) in [6, 6.07) is 12.7. The number of hydrogen-bond acceptors (Lipinski definition) is 4. The van der Waals surface area contributed by atoms with E-state index in [1.807, 2.05) is 30.3 Å². The van der Waals surface area contributed by atoms with E-state index in [0.717, 1.165) is 14.9 Å². The summed E-state index contributed by atoms with van der Waals surface area (Å²) >= 11 is 2.19. The molecule has 0 aliphatic carbocycles. The maximum Gasteiger partial charge on any atom is 0.292 e. The van der Waals surface area contributed by atoms with Crippen LogP contribution in [-0.4, -0.2) is 12.0 Å². The first-order chi connectivity index (χ1) is 9.61. The zero-order valence-electron chi connectivity index (χ0n) is 10.8. The molecule has 0 unspecified atom stereocenters. The van der Waals surface area contributed by atoms with Gasteiger partial charge in [-0.15, -0.1) is 0 Å². The SMILES string of the molecule is CNc1ccc(COc2ccccc2I)cc1[N+](=O)[O-]. The van der Waals surface area contributed by atoms with Crippen molar-refractivity contribution in [2.45, 2.75) is 6.61 Å². The molecular formula is C14H13IN2O3. The van der Waals surface area contributed by atoms with Crippen molar-refractivity contribution in [3.63, 3.8) is 0 Å². The lowest BCUT2D eigenvalue weighted by atomic mass is 10.2. The molecule has 20 heavy (non-hydrogen) atoms. The number of hydrogen-bond donors (Lipinski definition) is 1. The number of anilines is 1. The molecule has 2 rings (SSSR count). The van der Waals surface area contributed by atoms with Crippen molar-refractivity contribution in [3.8, 4) is 5.75 Å². The Morgan fingerprint density at radius 1 is 1.30 bits per heavy atom. The van der Waals surface area contributed by atoms with Gasteiger partial charge in [-0.3, -0.25) is 10.1 Å². The van der Waals surface area contributed by atoms with Crippen LogP contribution in [0.25, 0.3) is 0 Å². The fourth-order valence-electron chi connectivity index (χ4n) is 1.75. The summed E-state index contributed by atoms with van der Waals surface area (Å²) in [6.07, 6.45) is 0. The number of nitrogens with zero attached hydrogens (tertiary/aromatic N) is 1. The van der Waals surface area contributed by atoms with Crippen molar-refractivity contribution in [1.82, 2.24) is 0 Å². The summed E-state index contributed by atoms with van der Waals surface area (Å²) < 4.78 is 6.69. The third-order valence-corrected chi connectivity index (χ3v) is 3.65. The number of rotatable bonds is 5. The lowest BCUT2D eigenvalue weighted by Crippen LogP contribution is -2.01.